The van der Waals surface area contributed by atoms with Gasteiger partial charge in [0.1, 0.15) is 11.5 Å². The van der Waals surface area contributed by atoms with E-state index in [1.807, 2.05) is 0 Å². The number of β-amino-alcohol motifs (C(OH)–C–C–N with tert-alkyl or cyclic N) is 1. The number of carbonyl (C=O) groups excluding carboxylic acids is 1. The Kier molecular flexibility index (Phi) is 1.81. The molecule has 5 heteroatoms. The number of aliphatic hydroxyl groups is 1. The fourth-order valence-corrected chi connectivity index (χ4v) is 1.32. The quantitative estimate of drug-likeness (QED) is 0.615. The lowest BCUT2D eigenvalue weighted by Gasteiger charge is -2.35. The molecule has 5 nitrogen and oxygen atoms in total. The molecule has 2 rings (SSSR count). The Labute approximate surface area is 75.4 Å². The molecule has 0 radical (unpaired) electrons. The smallest absolute Gasteiger partial charge is 0.272 e. The van der Waals surface area contributed by atoms with E-state index in [4.69, 9.17) is 5.11 Å². The summed E-state index contributed by atoms with van der Waals surface area (Å²) in [5, 5.41) is 9.00. The maximum atomic E-state index is 11.5. The van der Waals surface area contributed by atoms with Crippen LogP contribution < -0.4 is 0 Å². The molecular weight excluding hydrogens is 170 g/mol. The van der Waals surface area contributed by atoms with Crippen molar-refractivity contribution < 1.29 is 9.90 Å². The summed E-state index contributed by atoms with van der Waals surface area (Å²) >= 11 is 0. The van der Waals surface area contributed by atoms with E-state index in [-0.39, 0.29) is 12.0 Å². The van der Waals surface area contributed by atoms with Crippen LogP contribution in [0.2, 0.25) is 0 Å². The van der Waals surface area contributed by atoms with Gasteiger partial charge in [-0.3, -0.25) is 4.79 Å². The van der Waals surface area contributed by atoms with Crippen molar-refractivity contribution in [1.82, 2.24) is 14.9 Å². The minimum Gasteiger partial charge on any atom is -0.389 e. The van der Waals surface area contributed by atoms with Crippen molar-refractivity contribution >= 4 is 5.91 Å². The number of nitrogens with one attached hydrogen (secondary N) is 1. The highest BCUT2D eigenvalue weighted by Gasteiger charge is 2.30. The molecule has 70 valence electrons. The van der Waals surface area contributed by atoms with Gasteiger partial charge in [0.15, 0.2) is 0 Å². The van der Waals surface area contributed by atoms with Gasteiger partial charge in [0.2, 0.25) is 0 Å². The van der Waals surface area contributed by atoms with Crippen LogP contribution in [0.25, 0.3) is 0 Å². The van der Waals surface area contributed by atoms with Crippen LogP contribution >= 0.6 is 0 Å². The van der Waals surface area contributed by atoms with Gasteiger partial charge in [-0.1, -0.05) is 0 Å². The number of hydrogen-bond acceptors (Lipinski definition) is 3. The van der Waals surface area contributed by atoms with E-state index in [2.05, 4.69) is 9.97 Å². The third kappa shape index (κ3) is 1.42. The molecule has 1 fully saturated rings. The summed E-state index contributed by atoms with van der Waals surface area (Å²) < 4.78 is 0. The van der Waals surface area contributed by atoms with Gasteiger partial charge in [-0.2, -0.15) is 0 Å². The second kappa shape index (κ2) is 2.85. The number of carbonyl (C=O) groups is 1. The van der Waals surface area contributed by atoms with E-state index in [0.717, 1.165) is 5.82 Å². The Hall–Kier alpha value is -1.36. The van der Waals surface area contributed by atoms with Gasteiger partial charge >= 0.3 is 0 Å². The molecule has 0 aliphatic carbocycles. The second-order valence-electron chi connectivity index (χ2n) is 3.25. The van der Waals surface area contributed by atoms with E-state index in [0.29, 0.717) is 18.8 Å². The van der Waals surface area contributed by atoms with Gasteiger partial charge in [0, 0.05) is 13.1 Å². The summed E-state index contributed by atoms with van der Waals surface area (Å²) in [6.45, 7) is 2.65. The zero-order chi connectivity index (χ0) is 9.42. The molecule has 0 aromatic carbocycles. The molecule has 1 aliphatic heterocycles. The van der Waals surface area contributed by atoms with Crippen LogP contribution in [0.5, 0.6) is 0 Å². The maximum absolute atomic E-state index is 11.5. The minimum absolute atomic E-state index is 0.0918. The van der Waals surface area contributed by atoms with Crippen LogP contribution in [0.4, 0.5) is 0 Å². The summed E-state index contributed by atoms with van der Waals surface area (Å²) in [7, 11) is 0. The van der Waals surface area contributed by atoms with Gasteiger partial charge in [-0.25, -0.2) is 4.98 Å². The molecule has 0 bridgehead atoms. The molecule has 2 heterocycles. The molecular formula is C8H11N3O2. The number of aliphatic hydroxyl groups excluding tert-OH is 1. The van der Waals surface area contributed by atoms with Gasteiger partial charge in [-0.15, -0.1) is 0 Å². The summed E-state index contributed by atoms with van der Waals surface area (Å²) in [6.07, 6.45) is 1.16. The normalized spacial score (nSPS) is 17.2. The van der Waals surface area contributed by atoms with Crippen molar-refractivity contribution in [2.45, 2.75) is 13.0 Å². The SMILES string of the molecule is Cc1ncc(C(=O)N2CC(O)C2)[nH]1. The third-order valence-corrected chi connectivity index (χ3v) is 2.08. The predicted molar refractivity (Wildman–Crippen MR) is 45.2 cm³/mol. The lowest BCUT2D eigenvalue weighted by atomic mass is 10.1. The number of likely N-dealkylation sites (tertiary alicyclic amines) is 1. The molecule has 2 N–H and O–H groups in total. The zero-order valence-corrected chi connectivity index (χ0v) is 7.32. The summed E-state index contributed by atoms with van der Waals surface area (Å²) in [4.78, 5) is 19.9. The summed E-state index contributed by atoms with van der Waals surface area (Å²) in [6, 6.07) is 0. The first-order valence-electron chi connectivity index (χ1n) is 4.16. The number of amides is 1. The Morgan fingerprint density at radius 2 is 2.46 bits per heavy atom. The molecule has 1 aromatic rings. The van der Waals surface area contributed by atoms with Crippen molar-refractivity contribution in [2.75, 3.05) is 13.1 Å². The van der Waals surface area contributed by atoms with E-state index >= 15 is 0 Å². The van der Waals surface area contributed by atoms with Crippen molar-refractivity contribution in [2.24, 2.45) is 0 Å². The second-order valence-corrected chi connectivity index (χ2v) is 3.25. The molecule has 1 aliphatic rings. The van der Waals surface area contributed by atoms with E-state index in [1.54, 1.807) is 11.8 Å². The molecule has 0 atom stereocenters. The topological polar surface area (TPSA) is 69.2 Å². The summed E-state index contributed by atoms with van der Waals surface area (Å²) in [5.74, 6) is 0.635. The number of nitrogens with zero attached hydrogens (tertiary/aromatic N) is 2. The van der Waals surface area contributed by atoms with Gasteiger partial charge in [0.25, 0.3) is 5.91 Å². The molecule has 1 aromatic heterocycles. The monoisotopic (exact) mass is 181 g/mol. The van der Waals surface area contributed by atoms with Crippen molar-refractivity contribution in [3.8, 4) is 0 Å². The molecule has 1 amide bonds. The number of H-pyrrole nitrogens is 1. The largest absolute Gasteiger partial charge is 0.389 e. The highest BCUT2D eigenvalue weighted by atomic mass is 16.3. The van der Waals surface area contributed by atoms with E-state index < -0.39 is 0 Å². The highest BCUT2D eigenvalue weighted by Crippen LogP contribution is 2.11. The summed E-state index contributed by atoms with van der Waals surface area (Å²) in [5.41, 5.74) is 0.490. The maximum Gasteiger partial charge on any atom is 0.272 e. The fraction of sp³-hybridized carbons (Fsp3) is 0.500. The lowest BCUT2D eigenvalue weighted by Crippen LogP contribution is -2.53. The molecule has 1 saturated heterocycles. The average molecular weight is 181 g/mol. The first kappa shape index (κ1) is 8.25. The Balaban J connectivity index is 2.06. The number of aromatic amines is 1. The van der Waals surface area contributed by atoms with Crippen LogP contribution in [0.3, 0.4) is 0 Å². The van der Waals surface area contributed by atoms with Crippen LogP contribution in [0.15, 0.2) is 6.20 Å². The van der Waals surface area contributed by atoms with Crippen LogP contribution in [-0.4, -0.2) is 45.1 Å². The van der Waals surface area contributed by atoms with Crippen LogP contribution in [0.1, 0.15) is 16.3 Å². The zero-order valence-electron chi connectivity index (χ0n) is 7.32. The third-order valence-electron chi connectivity index (χ3n) is 2.08. The Morgan fingerprint density at radius 3 is 2.92 bits per heavy atom. The average Bonchev–Trinajstić information content (AvgIpc) is 2.45. The number of aromatic nitrogens is 2. The number of aryl methyl sites for hydroxylation is 1. The first-order valence-corrected chi connectivity index (χ1v) is 4.16. The number of imidazole rings is 1. The van der Waals surface area contributed by atoms with E-state index in [1.165, 1.54) is 6.20 Å². The van der Waals surface area contributed by atoms with Gasteiger partial charge in [0.05, 0.1) is 12.3 Å². The molecule has 13 heavy (non-hydrogen) atoms. The standard InChI is InChI=1S/C8H11N3O2/c1-5-9-2-7(10-5)8(13)11-3-6(12)4-11/h2,6,12H,3-4H2,1H3,(H,9,10). The van der Waals surface area contributed by atoms with Crippen LogP contribution in [-0.2, 0) is 0 Å². The highest BCUT2D eigenvalue weighted by molar-refractivity contribution is 5.92. The van der Waals surface area contributed by atoms with Crippen LogP contribution in [0, 0.1) is 6.92 Å². The lowest BCUT2D eigenvalue weighted by molar-refractivity contribution is 0.00553. The van der Waals surface area contributed by atoms with Crippen molar-refractivity contribution in [3.63, 3.8) is 0 Å². The van der Waals surface area contributed by atoms with Crippen molar-refractivity contribution in [3.05, 3.63) is 17.7 Å². The fourth-order valence-electron chi connectivity index (χ4n) is 1.32. The first-order chi connectivity index (χ1) is 6.16. The predicted octanol–water partition coefficient (Wildman–Crippen LogP) is -0.465. The molecule has 0 unspecified atom stereocenters. The Morgan fingerprint density at radius 1 is 1.77 bits per heavy atom. The molecule has 0 spiro atoms. The molecule has 0 saturated carbocycles. The van der Waals surface area contributed by atoms with Gasteiger partial charge < -0.3 is 15.0 Å². The van der Waals surface area contributed by atoms with E-state index in [9.17, 15) is 4.79 Å². The number of hydrogen-bond donors (Lipinski definition) is 2. The minimum atomic E-state index is -0.354. The van der Waals surface area contributed by atoms with Crippen molar-refractivity contribution in [1.29, 1.82) is 0 Å². The number of rotatable bonds is 1. The van der Waals surface area contributed by atoms with Gasteiger partial charge in [-0.05, 0) is 6.92 Å². The Bertz CT molecular complexity index is 328.